The number of hydrogen-bond donors (Lipinski definition) is 2. The Hall–Kier alpha value is -1.82. The first-order valence-electron chi connectivity index (χ1n) is 9.39. The molecule has 0 spiro atoms. The van der Waals surface area contributed by atoms with Crippen LogP contribution in [0.25, 0.3) is 0 Å². The number of pyridine rings is 1. The maximum Gasteiger partial charge on any atom is 0.222 e. The van der Waals surface area contributed by atoms with Crippen LogP contribution in [-0.2, 0) is 11.3 Å². The van der Waals surface area contributed by atoms with Crippen LogP contribution >= 0.6 is 24.8 Å². The quantitative estimate of drug-likeness (QED) is 0.737. The molecule has 3 rings (SSSR count). The lowest BCUT2D eigenvalue weighted by Gasteiger charge is -2.31. The molecular weight excluding hydrogens is 395 g/mol. The van der Waals surface area contributed by atoms with Gasteiger partial charge in [0.15, 0.2) is 0 Å². The van der Waals surface area contributed by atoms with Crippen molar-refractivity contribution in [3.63, 3.8) is 0 Å². The van der Waals surface area contributed by atoms with Crippen LogP contribution in [0, 0.1) is 5.92 Å². The van der Waals surface area contributed by atoms with Gasteiger partial charge in [-0.25, -0.2) is 4.98 Å². The molecule has 1 saturated heterocycles. The standard InChI is InChI=1S/C21H28N4O.2ClH/c1-16-9-11-25(12-10-16)20-8-7-17(14-23-20)15-24-21(26)13-19(22)18-5-3-2-4-6-18;;/h2-8,14,16,19H,9-13,15,22H2,1H3,(H,24,26);2*1H. The summed E-state index contributed by atoms with van der Waals surface area (Å²) in [5.74, 6) is 1.79. The third kappa shape index (κ3) is 6.97. The summed E-state index contributed by atoms with van der Waals surface area (Å²) >= 11 is 0. The first kappa shape index (κ1) is 24.2. The van der Waals surface area contributed by atoms with E-state index in [4.69, 9.17) is 5.73 Å². The Bertz CT molecular complexity index is 704. The van der Waals surface area contributed by atoms with Crippen LogP contribution in [0.1, 0.15) is 43.4 Å². The van der Waals surface area contributed by atoms with Crippen molar-refractivity contribution < 1.29 is 4.79 Å². The van der Waals surface area contributed by atoms with Crippen LogP contribution in [-0.4, -0.2) is 24.0 Å². The molecule has 7 heteroatoms. The number of nitrogens with one attached hydrogen (secondary N) is 1. The lowest BCUT2D eigenvalue weighted by Crippen LogP contribution is -2.33. The highest BCUT2D eigenvalue weighted by Crippen LogP contribution is 2.21. The Balaban J connectivity index is 0.00000196. The van der Waals surface area contributed by atoms with Crippen LogP contribution in [0.15, 0.2) is 48.7 Å². The first-order chi connectivity index (χ1) is 12.6. The number of rotatable bonds is 6. The van der Waals surface area contributed by atoms with Crippen molar-refractivity contribution in [3.8, 4) is 0 Å². The fourth-order valence-electron chi connectivity index (χ4n) is 3.24. The van der Waals surface area contributed by atoms with Crippen molar-refractivity contribution in [1.82, 2.24) is 10.3 Å². The van der Waals surface area contributed by atoms with E-state index in [-0.39, 0.29) is 43.2 Å². The van der Waals surface area contributed by atoms with E-state index in [2.05, 4.69) is 22.1 Å². The number of carbonyl (C=O) groups is 1. The van der Waals surface area contributed by atoms with E-state index in [0.717, 1.165) is 36.0 Å². The Labute approximate surface area is 179 Å². The molecule has 1 atom stereocenters. The lowest BCUT2D eigenvalue weighted by molar-refractivity contribution is -0.121. The van der Waals surface area contributed by atoms with Crippen molar-refractivity contribution in [3.05, 3.63) is 59.8 Å². The summed E-state index contributed by atoms with van der Waals surface area (Å²) in [4.78, 5) is 19.0. The molecule has 2 heterocycles. The number of anilines is 1. The van der Waals surface area contributed by atoms with Gasteiger partial charge in [-0.3, -0.25) is 4.79 Å². The molecule has 1 aliphatic heterocycles. The fourth-order valence-corrected chi connectivity index (χ4v) is 3.24. The average Bonchev–Trinajstić information content (AvgIpc) is 2.68. The van der Waals surface area contributed by atoms with Gasteiger partial charge in [-0.2, -0.15) is 0 Å². The highest BCUT2D eigenvalue weighted by atomic mass is 35.5. The first-order valence-corrected chi connectivity index (χ1v) is 9.39. The summed E-state index contributed by atoms with van der Waals surface area (Å²) in [6.07, 6.45) is 4.58. The maximum atomic E-state index is 12.1. The smallest absolute Gasteiger partial charge is 0.222 e. The Morgan fingerprint density at radius 1 is 1.18 bits per heavy atom. The molecule has 1 aromatic heterocycles. The Kier molecular flexibility index (Phi) is 10.3. The minimum absolute atomic E-state index is 0. The zero-order valence-electron chi connectivity index (χ0n) is 16.2. The van der Waals surface area contributed by atoms with Crippen molar-refractivity contribution in [2.24, 2.45) is 11.7 Å². The molecule has 1 unspecified atom stereocenters. The van der Waals surface area contributed by atoms with Crippen LogP contribution in [0.5, 0.6) is 0 Å². The lowest BCUT2D eigenvalue weighted by atomic mass is 9.99. The molecular formula is C21H30Cl2N4O. The van der Waals surface area contributed by atoms with E-state index in [1.165, 1.54) is 12.8 Å². The van der Waals surface area contributed by atoms with Gasteiger partial charge in [-0.15, -0.1) is 24.8 Å². The zero-order valence-corrected chi connectivity index (χ0v) is 17.8. The zero-order chi connectivity index (χ0) is 18.4. The SMILES string of the molecule is CC1CCN(c2ccc(CNC(=O)CC(N)c3ccccc3)cn2)CC1.Cl.Cl. The number of piperidine rings is 1. The van der Waals surface area contributed by atoms with Crippen molar-refractivity contribution in [2.75, 3.05) is 18.0 Å². The molecule has 1 fully saturated rings. The number of nitrogens with zero attached hydrogens (tertiary/aromatic N) is 2. The van der Waals surface area contributed by atoms with E-state index in [1.54, 1.807) is 0 Å². The van der Waals surface area contributed by atoms with E-state index < -0.39 is 0 Å². The predicted molar refractivity (Wildman–Crippen MR) is 119 cm³/mol. The fraction of sp³-hybridized carbons (Fsp3) is 0.429. The van der Waals surface area contributed by atoms with Gasteiger partial charge in [0.1, 0.15) is 5.82 Å². The molecule has 154 valence electrons. The topological polar surface area (TPSA) is 71.2 Å². The normalized spacial score (nSPS) is 15.1. The highest BCUT2D eigenvalue weighted by molar-refractivity contribution is 5.85. The van der Waals surface area contributed by atoms with Crippen molar-refractivity contribution in [1.29, 1.82) is 0 Å². The van der Waals surface area contributed by atoms with Crippen LogP contribution in [0.4, 0.5) is 5.82 Å². The van der Waals surface area contributed by atoms with Gasteiger partial charge in [0, 0.05) is 38.3 Å². The molecule has 0 radical (unpaired) electrons. The molecule has 0 saturated carbocycles. The van der Waals surface area contributed by atoms with Gasteiger partial charge in [-0.1, -0.05) is 43.3 Å². The summed E-state index contributed by atoms with van der Waals surface area (Å²) in [5, 5.41) is 2.93. The van der Waals surface area contributed by atoms with Crippen LogP contribution in [0.2, 0.25) is 0 Å². The van der Waals surface area contributed by atoms with E-state index in [0.29, 0.717) is 6.54 Å². The van der Waals surface area contributed by atoms with E-state index in [9.17, 15) is 4.79 Å². The van der Waals surface area contributed by atoms with Crippen LogP contribution < -0.4 is 16.0 Å². The number of hydrogen-bond acceptors (Lipinski definition) is 4. The predicted octanol–water partition coefficient (Wildman–Crippen LogP) is 3.87. The molecule has 1 aliphatic rings. The second-order valence-electron chi connectivity index (χ2n) is 7.19. The van der Waals surface area contributed by atoms with Gasteiger partial charge in [-0.05, 0) is 36.0 Å². The van der Waals surface area contributed by atoms with Gasteiger partial charge in [0.25, 0.3) is 0 Å². The van der Waals surface area contributed by atoms with E-state index >= 15 is 0 Å². The molecule has 1 amide bonds. The maximum absolute atomic E-state index is 12.1. The molecule has 3 N–H and O–H groups in total. The van der Waals surface area contributed by atoms with Crippen molar-refractivity contribution >= 4 is 36.5 Å². The number of amides is 1. The Morgan fingerprint density at radius 3 is 2.46 bits per heavy atom. The largest absolute Gasteiger partial charge is 0.357 e. The summed E-state index contributed by atoms with van der Waals surface area (Å²) in [6, 6.07) is 13.5. The minimum Gasteiger partial charge on any atom is -0.357 e. The molecule has 28 heavy (non-hydrogen) atoms. The number of benzene rings is 1. The average molecular weight is 425 g/mol. The number of aromatic nitrogens is 1. The molecule has 0 aliphatic carbocycles. The van der Waals surface area contributed by atoms with Gasteiger partial charge < -0.3 is 16.0 Å². The van der Waals surface area contributed by atoms with Gasteiger partial charge in [0.2, 0.25) is 5.91 Å². The van der Waals surface area contributed by atoms with Crippen LogP contribution in [0.3, 0.4) is 0 Å². The number of halogens is 2. The third-order valence-corrected chi connectivity index (χ3v) is 5.04. The Morgan fingerprint density at radius 2 is 1.86 bits per heavy atom. The van der Waals surface area contributed by atoms with Gasteiger partial charge in [0.05, 0.1) is 0 Å². The highest BCUT2D eigenvalue weighted by Gasteiger charge is 2.17. The number of carbonyl (C=O) groups excluding carboxylic acids is 1. The summed E-state index contributed by atoms with van der Waals surface area (Å²) in [5.41, 5.74) is 8.08. The summed E-state index contributed by atoms with van der Waals surface area (Å²) in [7, 11) is 0. The molecule has 5 nitrogen and oxygen atoms in total. The minimum atomic E-state index is -0.279. The number of nitrogens with two attached hydrogens (primary N) is 1. The second kappa shape index (κ2) is 11.9. The molecule has 1 aromatic carbocycles. The molecule has 2 aromatic rings. The third-order valence-electron chi connectivity index (χ3n) is 5.04. The van der Waals surface area contributed by atoms with Crippen molar-refractivity contribution in [2.45, 2.75) is 38.8 Å². The monoisotopic (exact) mass is 424 g/mol. The summed E-state index contributed by atoms with van der Waals surface area (Å²) in [6.45, 7) is 4.92. The molecule has 0 bridgehead atoms. The second-order valence-corrected chi connectivity index (χ2v) is 7.19. The summed E-state index contributed by atoms with van der Waals surface area (Å²) < 4.78 is 0. The van der Waals surface area contributed by atoms with E-state index in [1.807, 2.05) is 48.7 Å². The van der Waals surface area contributed by atoms with Gasteiger partial charge >= 0.3 is 0 Å².